The summed E-state index contributed by atoms with van der Waals surface area (Å²) in [5, 5.41) is 12.8. The van der Waals surface area contributed by atoms with Crippen LogP contribution in [0, 0.1) is 0 Å². The number of carbonyl (C=O) groups excluding carboxylic acids is 2. The van der Waals surface area contributed by atoms with Gasteiger partial charge in [-0.25, -0.2) is 34.2 Å². The molecule has 0 atom stereocenters. The maximum Gasteiger partial charge on any atom is 0.495 e. The molecule has 258 valence electrons. The lowest BCUT2D eigenvalue weighted by Crippen LogP contribution is -2.52. The van der Waals surface area contributed by atoms with Crippen LogP contribution >= 0.6 is 0 Å². The highest BCUT2D eigenvalue weighted by Crippen LogP contribution is 2.38. The summed E-state index contributed by atoms with van der Waals surface area (Å²) in [5.41, 5.74) is -1.23. The molecule has 2 aliphatic rings. The first kappa shape index (κ1) is 35.3. The van der Waals surface area contributed by atoms with E-state index in [1.54, 1.807) is 47.7 Å². The van der Waals surface area contributed by atoms with Gasteiger partial charge < -0.3 is 23.9 Å². The molecule has 2 aromatic carbocycles. The number of aromatic nitrogens is 2. The Morgan fingerprint density at radius 2 is 1.35 bits per heavy atom. The number of hydrogen-bond acceptors (Lipinski definition) is 9. The van der Waals surface area contributed by atoms with Crippen LogP contribution in [-0.2, 0) is 18.8 Å². The zero-order valence-corrected chi connectivity index (χ0v) is 29.6. The second-order valence-electron chi connectivity index (χ2n) is 15.7. The van der Waals surface area contributed by atoms with Crippen LogP contribution in [0.4, 0.5) is 20.3 Å². The standard InChI is InChI=1S/C35H47BN4O8/c1-32(2,3)45-30(43)40(31(44)46-33(4,5)6)23-17-15-22(16-18-23)39(29(41)42)28-37-20-21-19-26(36-47-34(7,8)35(9,10)48-36)24-13-11-12-14-25(24)27(21)38-28/h11-14,19-20,22-23H,15-18H2,1-10H3,(H,41,42). The van der Waals surface area contributed by atoms with Gasteiger partial charge in [0.2, 0.25) is 5.95 Å². The van der Waals surface area contributed by atoms with Gasteiger partial charge in [0.05, 0.1) is 16.7 Å². The number of benzene rings is 2. The molecule has 1 aliphatic carbocycles. The van der Waals surface area contributed by atoms with E-state index in [1.807, 2.05) is 58.0 Å². The van der Waals surface area contributed by atoms with Crippen molar-refractivity contribution < 1.29 is 38.3 Å². The van der Waals surface area contributed by atoms with Crippen molar-refractivity contribution in [2.45, 2.75) is 129 Å². The van der Waals surface area contributed by atoms with Crippen LogP contribution in [0.5, 0.6) is 0 Å². The Kier molecular flexibility index (Phi) is 9.19. The third kappa shape index (κ3) is 7.22. The first-order chi connectivity index (χ1) is 22.2. The molecule has 0 radical (unpaired) electrons. The topological polar surface area (TPSA) is 141 Å². The fourth-order valence-corrected chi connectivity index (χ4v) is 6.15. The van der Waals surface area contributed by atoms with Gasteiger partial charge in [0, 0.05) is 29.1 Å². The van der Waals surface area contributed by atoms with Crippen LogP contribution in [0.1, 0.15) is 94.9 Å². The molecule has 1 saturated carbocycles. The minimum Gasteiger partial charge on any atom is -0.465 e. The van der Waals surface area contributed by atoms with Crippen LogP contribution in [-0.4, -0.2) is 79.9 Å². The molecule has 0 spiro atoms. The van der Waals surface area contributed by atoms with Crippen LogP contribution in [0.25, 0.3) is 21.7 Å². The van der Waals surface area contributed by atoms with E-state index in [0.717, 1.165) is 26.5 Å². The quantitative estimate of drug-likeness (QED) is 0.228. The molecule has 13 heteroatoms. The van der Waals surface area contributed by atoms with Gasteiger partial charge in [-0.3, -0.25) is 0 Å². The average Bonchev–Trinajstić information content (AvgIpc) is 3.17. The monoisotopic (exact) mass is 662 g/mol. The van der Waals surface area contributed by atoms with E-state index in [0.29, 0.717) is 31.2 Å². The summed E-state index contributed by atoms with van der Waals surface area (Å²) in [7, 11) is -0.601. The summed E-state index contributed by atoms with van der Waals surface area (Å²) < 4.78 is 23.9. The van der Waals surface area contributed by atoms with Crippen molar-refractivity contribution in [2.24, 2.45) is 0 Å². The van der Waals surface area contributed by atoms with Crippen molar-refractivity contribution in [2.75, 3.05) is 4.90 Å². The number of ether oxygens (including phenoxy) is 2. The Hall–Kier alpha value is -3.97. The number of rotatable bonds is 4. The van der Waals surface area contributed by atoms with E-state index in [-0.39, 0.29) is 5.95 Å². The van der Waals surface area contributed by atoms with Gasteiger partial charge in [0.15, 0.2) is 0 Å². The summed E-state index contributed by atoms with van der Waals surface area (Å²) in [6, 6.07) is 8.71. The molecule has 48 heavy (non-hydrogen) atoms. The molecule has 3 aromatic rings. The molecular weight excluding hydrogens is 615 g/mol. The van der Waals surface area contributed by atoms with Crippen LogP contribution in [0.15, 0.2) is 36.5 Å². The van der Waals surface area contributed by atoms with Crippen molar-refractivity contribution in [3.05, 3.63) is 36.5 Å². The Morgan fingerprint density at radius 1 is 0.854 bits per heavy atom. The number of fused-ring (bicyclic) bond motifs is 3. The van der Waals surface area contributed by atoms with Gasteiger partial charge in [-0.1, -0.05) is 30.3 Å². The molecule has 3 amide bonds. The smallest absolute Gasteiger partial charge is 0.465 e. The minimum absolute atomic E-state index is 0.0585. The fraction of sp³-hybridized carbons (Fsp3) is 0.571. The van der Waals surface area contributed by atoms with E-state index in [9.17, 15) is 19.5 Å². The predicted octanol–water partition coefficient (Wildman–Crippen LogP) is 7.05. The predicted molar refractivity (Wildman–Crippen MR) is 184 cm³/mol. The van der Waals surface area contributed by atoms with E-state index < -0.39 is 59.9 Å². The maximum absolute atomic E-state index is 13.2. The number of amides is 3. The second-order valence-corrected chi connectivity index (χ2v) is 15.7. The molecule has 1 aliphatic heterocycles. The summed E-state index contributed by atoms with van der Waals surface area (Å²) in [6.07, 6.45) is 0.283. The minimum atomic E-state index is -1.19. The first-order valence-electron chi connectivity index (χ1n) is 16.5. The third-order valence-electron chi connectivity index (χ3n) is 9.11. The summed E-state index contributed by atoms with van der Waals surface area (Å²) in [6.45, 7) is 18.4. The van der Waals surface area contributed by atoms with Crippen LogP contribution in [0.2, 0.25) is 0 Å². The van der Waals surface area contributed by atoms with Gasteiger partial charge in [0.1, 0.15) is 11.2 Å². The molecule has 1 aromatic heterocycles. The lowest BCUT2D eigenvalue weighted by atomic mass is 9.75. The molecule has 0 unspecified atom stereocenters. The summed E-state index contributed by atoms with van der Waals surface area (Å²) in [4.78, 5) is 50.7. The van der Waals surface area contributed by atoms with Crippen molar-refractivity contribution in [3.8, 4) is 0 Å². The molecule has 1 saturated heterocycles. The average molecular weight is 663 g/mol. The molecular formula is C35H47BN4O8. The number of carboxylic acid groups (broad SMARTS) is 1. The number of carbonyl (C=O) groups is 3. The largest absolute Gasteiger partial charge is 0.495 e. The lowest BCUT2D eigenvalue weighted by molar-refractivity contribution is -0.0112. The second kappa shape index (κ2) is 12.5. The zero-order valence-electron chi connectivity index (χ0n) is 29.6. The van der Waals surface area contributed by atoms with E-state index >= 15 is 0 Å². The van der Waals surface area contributed by atoms with Gasteiger partial charge in [0.25, 0.3) is 0 Å². The lowest BCUT2D eigenvalue weighted by Gasteiger charge is -2.38. The van der Waals surface area contributed by atoms with Gasteiger partial charge in [-0.2, -0.15) is 0 Å². The van der Waals surface area contributed by atoms with Crippen molar-refractivity contribution in [1.82, 2.24) is 14.9 Å². The number of nitrogens with zero attached hydrogens (tertiary/aromatic N) is 4. The highest BCUT2D eigenvalue weighted by atomic mass is 16.7. The summed E-state index contributed by atoms with van der Waals surface area (Å²) >= 11 is 0. The Bertz CT molecular complexity index is 1680. The summed E-state index contributed by atoms with van der Waals surface area (Å²) in [5.74, 6) is 0.0585. The number of anilines is 1. The first-order valence-corrected chi connectivity index (χ1v) is 16.5. The van der Waals surface area contributed by atoms with E-state index in [2.05, 4.69) is 4.98 Å². The van der Waals surface area contributed by atoms with E-state index in [1.165, 1.54) is 4.90 Å². The van der Waals surface area contributed by atoms with Crippen molar-refractivity contribution >= 4 is 58.5 Å². The molecule has 1 N–H and O–H groups in total. The van der Waals surface area contributed by atoms with Gasteiger partial charge in [-0.05, 0) is 106 Å². The molecule has 2 fully saturated rings. The zero-order chi connectivity index (χ0) is 35.4. The van der Waals surface area contributed by atoms with Gasteiger partial charge >= 0.3 is 25.4 Å². The van der Waals surface area contributed by atoms with Crippen LogP contribution < -0.4 is 10.4 Å². The van der Waals surface area contributed by atoms with Crippen LogP contribution in [0.3, 0.4) is 0 Å². The highest BCUT2D eigenvalue weighted by Gasteiger charge is 2.52. The number of hydrogen-bond donors (Lipinski definition) is 1. The van der Waals surface area contributed by atoms with E-state index in [4.69, 9.17) is 23.8 Å². The fourth-order valence-electron chi connectivity index (χ4n) is 6.15. The van der Waals surface area contributed by atoms with Gasteiger partial charge in [-0.15, -0.1) is 0 Å². The molecule has 2 heterocycles. The van der Waals surface area contributed by atoms with Crippen molar-refractivity contribution in [3.63, 3.8) is 0 Å². The normalized spacial score (nSPS) is 20.8. The Balaban J connectivity index is 1.43. The number of imide groups is 1. The Labute approximate surface area is 282 Å². The maximum atomic E-state index is 13.2. The third-order valence-corrected chi connectivity index (χ3v) is 9.11. The SMILES string of the molecule is CC(C)(C)OC(=O)N(C(=O)OC(C)(C)C)C1CCC(N(C(=O)O)c2ncc3cc(B4OC(C)(C)C(C)(C)O4)c4ccccc4c3n2)CC1. The Morgan fingerprint density at radius 3 is 1.85 bits per heavy atom. The molecule has 0 bridgehead atoms. The molecule has 5 rings (SSSR count). The van der Waals surface area contributed by atoms with Crippen molar-refractivity contribution in [1.29, 1.82) is 0 Å². The molecule has 12 nitrogen and oxygen atoms in total. The highest BCUT2D eigenvalue weighted by molar-refractivity contribution is 6.65.